The number of carbonyl (C=O) groups excluding carboxylic acids is 1. The van der Waals surface area contributed by atoms with Crippen molar-refractivity contribution in [2.24, 2.45) is 0 Å². The number of carbonyl (C=O) groups is 1. The molecule has 2 aromatic carbocycles. The molecular formula is C22H26N2O4S. The largest absolute Gasteiger partial charge is 0.484 e. The average Bonchev–Trinajstić information content (AvgIpc) is 3.20. The fraction of sp³-hybridized carbons (Fsp3) is 0.409. The van der Waals surface area contributed by atoms with Crippen molar-refractivity contribution in [3.8, 4) is 5.75 Å². The van der Waals surface area contributed by atoms with Crippen molar-refractivity contribution < 1.29 is 17.9 Å². The molecule has 0 spiro atoms. The normalized spacial score (nSPS) is 17.2. The summed E-state index contributed by atoms with van der Waals surface area (Å²) in [7, 11) is -3.53. The van der Waals surface area contributed by atoms with Crippen molar-refractivity contribution in [1.82, 2.24) is 9.21 Å². The summed E-state index contributed by atoms with van der Waals surface area (Å²) in [6.07, 6.45) is 3.06. The Kier molecular flexibility index (Phi) is 5.61. The number of piperazine rings is 1. The fourth-order valence-electron chi connectivity index (χ4n) is 3.98. The molecule has 1 amide bonds. The highest BCUT2D eigenvalue weighted by Gasteiger charge is 2.30. The van der Waals surface area contributed by atoms with Crippen molar-refractivity contribution in [3.63, 3.8) is 0 Å². The number of fused-ring (bicyclic) bond motifs is 1. The van der Waals surface area contributed by atoms with Crippen LogP contribution in [0.5, 0.6) is 5.75 Å². The molecule has 0 radical (unpaired) electrons. The highest BCUT2D eigenvalue weighted by molar-refractivity contribution is 7.89. The third-order valence-electron chi connectivity index (χ3n) is 5.65. The molecule has 0 bridgehead atoms. The summed E-state index contributed by atoms with van der Waals surface area (Å²) in [4.78, 5) is 14.5. The van der Waals surface area contributed by atoms with Gasteiger partial charge in [-0.1, -0.05) is 18.2 Å². The second-order valence-electron chi connectivity index (χ2n) is 7.67. The lowest BCUT2D eigenvalue weighted by Crippen LogP contribution is -2.51. The van der Waals surface area contributed by atoms with Crippen LogP contribution < -0.4 is 4.74 Å². The first kappa shape index (κ1) is 19.9. The van der Waals surface area contributed by atoms with Crippen molar-refractivity contribution in [3.05, 3.63) is 59.2 Å². The summed E-state index contributed by atoms with van der Waals surface area (Å²) >= 11 is 0. The van der Waals surface area contributed by atoms with E-state index in [1.54, 1.807) is 11.0 Å². The van der Waals surface area contributed by atoms with Crippen molar-refractivity contribution in [2.45, 2.75) is 31.1 Å². The molecule has 2 aliphatic rings. The zero-order valence-corrected chi connectivity index (χ0v) is 17.5. The van der Waals surface area contributed by atoms with Crippen LogP contribution in [0.25, 0.3) is 0 Å². The summed E-state index contributed by atoms with van der Waals surface area (Å²) in [6.45, 7) is 3.28. The Balaban J connectivity index is 1.34. The van der Waals surface area contributed by atoms with Gasteiger partial charge in [-0.2, -0.15) is 4.31 Å². The van der Waals surface area contributed by atoms with Crippen LogP contribution in [0.3, 0.4) is 0 Å². The third-order valence-corrected chi connectivity index (χ3v) is 7.55. The molecule has 29 heavy (non-hydrogen) atoms. The SMILES string of the molecule is Cc1cccc(OCC(=O)N2CCN(S(=O)(=O)c3ccc4c(c3)CCC4)CC2)c1. The van der Waals surface area contributed by atoms with E-state index < -0.39 is 10.0 Å². The maximum Gasteiger partial charge on any atom is 0.260 e. The number of rotatable bonds is 5. The third kappa shape index (κ3) is 4.31. The molecule has 6 nitrogen and oxygen atoms in total. The van der Waals surface area contributed by atoms with E-state index in [9.17, 15) is 13.2 Å². The van der Waals surface area contributed by atoms with Gasteiger partial charge in [0.05, 0.1) is 4.90 Å². The number of hydrogen-bond acceptors (Lipinski definition) is 4. The van der Waals surface area contributed by atoms with Gasteiger partial charge in [0.25, 0.3) is 5.91 Å². The minimum Gasteiger partial charge on any atom is -0.484 e. The lowest BCUT2D eigenvalue weighted by atomic mass is 10.1. The van der Waals surface area contributed by atoms with Crippen molar-refractivity contribution in [2.75, 3.05) is 32.8 Å². The van der Waals surface area contributed by atoms with Gasteiger partial charge < -0.3 is 9.64 Å². The molecule has 1 aliphatic carbocycles. The predicted octanol–water partition coefficient (Wildman–Crippen LogP) is 2.40. The first-order valence-electron chi connectivity index (χ1n) is 10.0. The van der Waals surface area contributed by atoms with Crippen molar-refractivity contribution in [1.29, 1.82) is 0 Å². The van der Waals surface area contributed by atoms with Gasteiger partial charge in [-0.15, -0.1) is 0 Å². The molecule has 1 aliphatic heterocycles. The molecule has 0 saturated carbocycles. The molecule has 4 rings (SSSR count). The number of aryl methyl sites for hydroxylation is 3. The van der Waals surface area contributed by atoms with Gasteiger partial charge in [0.1, 0.15) is 5.75 Å². The first-order chi connectivity index (χ1) is 13.9. The zero-order valence-electron chi connectivity index (χ0n) is 16.6. The van der Waals surface area contributed by atoms with Crippen LogP contribution in [0.15, 0.2) is 47.4 Å². The van der Waals surface area contributed by atoms with Crippen LogP contribution in [0.4, 0.5) is 0 Å². The molecule has 7 heteroatoms. The first-order valence-corrected chi connectivity index (χ1v) is 11.5. The lowest BCUT2D eigenvalue weighted by Gasteiger charge is -2.34. The Morgan fingerprint density at radius 1 is 1.00 bits per heavy atom. The predicted molar refractivity (Wildman–Crippen MR) is 110 cm³/mol. The van der Waals surface area contributed by atoms with Gasteiger partial charge in [0.2, 0.25) is 10.0 Å². The maximum absolute atomic E-state index is 13.0. The minimum absolute atomic E-state index is 0.0406. The van der Waals surface area contributed by atoms with Gasteiger partial charge >= 0.3 is 0 Å². The highest BCUT2D eigenvalue weighted by Crippen LogP contribution is 2.26. The standard InChI is InChI=1S/C22H26N2O4S/c1-17-4-2-7-20(14-17)28-16-22(25)23-10-12-24(13-11-23)29(26,27)21-9-8-18-5-3-6-19(18)15-21/h2,4,7-9,14-15H,3,5-6,10-13,16H2,1H3. The van der Waals surface area contributed by atoms with Crippen LogP contribution in [0.2, 0.25) is 0 Å². The smallest absolute Gasteiger partial charge is 0.260 e. The molecule has 0 atom stereocenters. The lowest BCUT2D eigenvalue weighted by molar-refractivity contribution is -0.134. The molecule has 1 fully saturated rings. The molecule has 2 aromatic rings. The number of amides is 1. The molecular weight excluding hydrogens is 388 g/mol. The van der Waals surface area contributed by atoms with Crippen LogP contribution in [0.1, 0.15) is 23.1 Å². The average molecular weight is 415 g/mol. The number of ether oxygens (including phenoxy) is 1. The van der Waals surface area contributed by atoms with E-state index in [0.29, 0.717) is 36.8 Å². The monoisotopic (exact) mass is 414 g/mol. The van der Waals surface area contributed by atoms with E-state index in [0.717, 1.165) is 30.4 Å². The summed E-state index contributed by atoms with van der Waals surface area (Å²) in [5.41, 5.74) is 3.47. The fourth-order valence-corrected chi connectivity index (χ4v) is 5.45. The Labute approximate surface area is 172 Å². The Hall–Kier alpha value is -2.38. The number of nitrogens with zero attached hydrogens (tertiary/aromatic N) is 2. The van der Waals surface area contributed by atoms with Gasteiger partial charge in [-0.3, -0.25) is 4.79 Å². The second-order valence-corrected chi connectivity index (χ2v) is 9.61. The summed E-state index contributed by atoms with van der Waals surface area (Å²) in [5.74, 6) is 0.539. The zero-order chi connectivity index (χ0) is 20.4. The van der Waals surface area contributed by atoms with Gasteiger partial charge in [0.15, 0.2) is 6.61 Å². The molecule has 0 unspecified atom stereocenters. The van der Waals surface area contributed by atoms with E-state index >= 15 is 0 Å². The van der Waals surface area contributed by atoms with E-state index in [4.69, 9.17) is 4.74 Å². The van der Waals surface area contributed by atoms with E-state index in [2.05, 4.69) is 0 Å². The summed E-state index contributed by atoms with van der Waals surface area (Å²) in [5, 5.41) is 0. The van der Waals surface area contributed by atoms with Crippen LogP contribution >= 0.6 is 0 Å². The van der Waals surface area contributed by atoms with E-state index in [1.807, 2.05) is 43.3 Å². The Bertz CT molecular complexity index is 1010. The van der Waals surface area contributed by atoms with Crippen LogP contribution in [-0.4, -0.2) is 56.3 Å². The highest BCUT2D eigenvalue weighted by atomic mass is 32.2. The Morgan fingerprint density at radius 2 is 1.76 bits per heavy atom. The van der Waals surface area contributed by atoms with Crippen molar-refractivity contribution >= 4 is 15.9 Å². The quantitative estimate of drug-likeness (QED) is 0.754. The number of hydrogen-bond donors (Lipinski definition) is 0. The van der Waals surface area contributed by atoms with Gasteiger partial charge in [-0.25, -0.2) is 8.42 Å². The molecule has 0 aromatic heterocycles. The van der Waals surface area contributed by atoms with E-state index in [-0.39, 0.29) is 12.5 Å². The van der Waals surface area contributed by atoms with Gasteiger partial charge in [0, 0.05) is 26.2 Å². The topological polar surface area (TPSA) is 66.9 Å². The number of benzene rings is 2. The second kappa shape index (κ2) is 8.16. The Morgan fingerprint density at radius 3 is 2.52 bits per heavy atom. The number of sulfonamides is 1. The minimum atomic E-state index is -3.53. The molecule has 1 saturated heterocycles. The van der Waals surface area contributed by atoms with Crippen LogP contribution in [0, 0.1) is 6.92 Å². The molecule has 154 valence electrons. The maximum atomic E-state index is 13.0. The van der Waals surface area contributed by atoms with E-state index in [1.165, 1.54) is 9.87 Å². The van der Waals surface area contributed by atoms with Crippen LogP contribution in [-0.2, 0) is 27.7 Å². The molecule has 0 N–H and O–H groups in total. The summed E-state index contributed by atoms with van der Waals surface area (Å²) < 4.78 is 33.1. The molecule has 1 heterocycles. The summed E-state index contributed by atoms with van der Waals surface area (Å²) in [6, 6.07) is 13.0. The van der Waals surface area contributed by atoms with Gasteiger partial charge in [-0.05, 0) is 67.1 Å².